The van der Waals surface area contributed by atoms with Crippen molar-refractivity contribution in [1.29, 1.82) is 0 Å². The van der Waals surface area contributed by atoms with Gasteiger partial charge in [0.15, 0.2) is 0 Å². The van der Waals surface area contributed by atoms with E-state index in [1.54, 1.807) is 0 Å². The molecule has 0 atom stereocenters. The van der Waals surface area contributed by atoms with Crippen molar-refractivity contribution >= 4 is 0 Å². The van der Waals surface area contributed by atoms with Crippen LogP contribution in [0, 0.1) is 11.8 Å². The second kappa shape index (κ2) is 3.29. The summed E-state index contributed by atoms with van der Waals surface area (Å²) in [6.45, 7) is 5.63. The van der Waals surface area contributed by atoms with Crippen LogP contribution in [0.25, 0.3) is 0 Å². The molecular weight excluding hydrogens is 170 g/mol. The molecule has 0 aromatic heterocycles. The molecule has 4 aliphatic rings. The van der Waals surface area contributed by atoms with Gasteiger partial charge in [-0.3, -0.25) is 0 Å². The number of rotatable bonds is 2. The van der Waals surface area contributed by atoms with E-state index in [1.165, 1.54) is 57.2 Å². The molecule has 2 saturated heterocycles. The Bertz CT molecular complexity index is 234. The number of fused-ring (bicyclic) bond motifs is 4. The van der Waals surface area contributed by atoms with Gasteiger partial charge in [0.05, 0.1) is 0 Å². The van der Waals surface area contributed by atoms with E-state index in [4.69, 9.17) is 0 Å². The third-order valence-electron chi connectivity index (χ3n) is 4.45. The molecule has 2 saturated carbocycles. The Kier molecular flexibility index (Phi) is 2.07. The zero-order valence-electron chi connectivity index (χ0n) is 9.04. The normalized spacial score (nSPS) is 37.0. The van der Waals surface area contributed by atoms with Crippen LogP contribution in [-0.2, 0) is 0 Å². The lowest BCUT2D eigenvalue weighted by Crippen LogP contribution is -2.34. The van der Waals surface area contributed by atoms with Gasteiger partial charge in [-0.25, -0.2) is 0 Å². The first-order valence-electron chi connectivity index (χ1n) is 6.30. The van der Waals surface area contributed by atoms with Gasteiger partial charge in [0, 0.05) is 18.3 Å². The maximum Gasteiger partial charge on any atom is 0.0287 e. The van der Waals surface area contributed by atoms with Crippen molar-refractivity contribution in [1.82, 2.24) is 4.90 Å². The minimum Gasteiger partial charge on any atom is -0.372 e. The molecule has 4 rings (SSSR count). The molecule has 0 unspecified atom stereocenters. The first kappa shape index (κ1) is 8.82. The van der Waals surface area contributed by atoms with Crippen LogP contribution >= 0.6 is 0 Å². The van der Waals surface area contributed by atoms with Crippen molar-refractivity contribution < 1.29 is 0 Å². The van der Waals surface area contributed by atoms with Gasteiger partial charge in [-0.1, -0.05) is 6.58 Å². The van der Waals surface area contributed by atoms with E-state index < -0.39 is 0 Å². The number of allylic oxidation sites excluding steroid dienone is 1. The summed E-state index contributed by atoms with van der Waals surface area (Å²) in [5.41, 5.74) is 1.48. The minimum atomic E-state index is 0.863. The Labute approximate surface area is 87.2 Å². The highest BCUT2D eigenvalue weighted by atomic mass is 15.2. The van der Waals surface area contributed by atoms with Gasteiger partial charge in [0.2, 0.25) is 0 Å². The summed E-state index contributed by atoms with van der Waals surface area (Å²) >= 11 is 0. The van der Waals surface area contributed by atoms with Crippen LogP contribution in [0.2, 0.25) is 0 Å². The summed E-state index contributed by atoms with van der Waals surface area (Å²) in [5.74, 6) is 1.91. The molecule has 78 valence electrons. The molecule has 0 radical (unpaired) electrons. The molecule has 0 N–H and O–H groups in total. The standard InChI is InChI=1S/C13H21N/c1-10(12-4-5-12)14-9-8-11-2-6-13(14)7-3-11/h11-13H,1-9H2. The number of nitrogens with zero attached hydrogens (tertiary/aromatic N) is 1. The van der Waals surface area contributed by atoms with E-state index in [0.717, 1.165) is 17.9 Å². The van der Waals surface area contributed by atoms with E-state index in [-0.39, 0.29) is 0 Å². The number of hydrogen-bond donors (Lipinski definition) is 0. The minimum absolute atomic E-state index is 0.863. The van der Waals surface area contributed by atoms with E-state index in [0.29, 0.717) is 0 Å². The molecular formula is C13H21N. The third kappa shape index (κ3) is 1.47. The largest absolute Gasteiger partial charge is 0.372 e. The molecule has 1 heteroatoms. The monoisotopic (exact) mass is 191 g/mol. The van der Waals surface area contributed by atoms with Crippen LogP contribution in [0.15, 0.2) is 12.3 Å². The summed E-state index contributed by atoms with van der Waals surface area (Å²) in [4.78, 5) is 2.67. The second-order valence-electron chi connectivity index (χ2n) is 5.42. The van der Waals surface area contributed by atoms with Gasteiger partial charge >= 0.3 is 0 Å². The lowest BCUT2D eigenvalue weighted by molar-refractivity contribution is 0.224. The molecule has 2 aliphatic heterocycles. The molecule has 2 aliphatic carbocycles. The van der Waals surface area contributed by atoms with Gasteiger partial charge in [-0.05, 0) is 56.8 Å². The fourth-order valence-corrected chi connectivity index (χ4v) is 3.28. The average Bonchev–Trinajstić information content (AvgIpc) is 3.06. The van der Waals surface area contributed by atoms with Crippen LogP contribution in [0.3, 0.4) is 0 Å². The van der Waals surface area contributed by atoms with Crippen LogP contribution in [0.4, 0.5) is 0 Å². The second-order valence-corrected chi connectivity index (χ2v) is 5.42. The first-order chi connectivity index (χ1) is 6.84. The van der Waals surface area contributed by atoms with Gasteiger partial charge in [-0.15, -0.1) is 0 Å². The lowest BCUT2D eigenvalue weighted by atomic mass is 9.86. The molecule has 2 heterocycles. The predicted molar refractivity (Wildman–Crippen MR) is 58.9 cm³/mol. The Hall–Kier alpha value is -0.460. The highest BCUT2D eigenvalue weighted by Gasteiger charge is 2.35. The van der Waals surface area contributed by atoms with E-state index in [9.17, 15) is 0 Å². The zero-order valence-corrected chi connectivity index (χ0v) is 9.04. The summed E-state index contributed by atoms with van der Waals surface area (Å²) in [6, 6.07) is 0.863. The zero-order chi connectivity index (χ0) is 9.54. The van der Waals surface area contributed by atoms with Gasteiger partial charge in [0.25, 0.3) is 0 Å². The Balaban J connectivity index is 1.74. The third-order valence-corrected chi connectivity index (χ3v) is 4.45. The highest BCUT2D eigenvalue weighted by molar-refractivity contribution is 5.09. The van der Waals surface area contributed by atoms with Crippen molar-refractivity contribution in [2.75, 3.05) is 6.54 Å². The molecule has 4 fully saturated rings. The summed E-state index contributed by atoms with van der Waals surface area (Å²) in [5, 5.41) is 0. The average molecular weight is 191 g/mol. The fourth-order valence-electron chi connectivity index (χ4n) is 3.28. The summed E-state index contributed by atoms with van der Waals surface area (Å²) in [7, 11) is 0. The topological polar surface area (TPSA) is 3.24 Å². The van der Waals surface area contributed by atoms with Crippen molar-refractivity contribution in [2.24, 2.45) is 11.8 Å². The van der Waals surface area contributed by atoms with Crippen LogP contribution in [-0.4, -0.2) is 17.5 Å². The Morgan fingerprint density at radius 2 is 1.64 bits per heavy atom. The molecule has 0 aromatic rings. The highest BCUT2D eigenvalue weighted by Crippen LogP contribution is 2.42. The smallest absolute Gasteiger partial charge is 0.0287 e. The molecule has 0 aromatic carbocycles. The Morgan fingerprint density at radius 3 is 2.29 bits per heavy atom. The molecule has 0 spiro atoms. The van der Waals surface area contributed by atoms with Gasteiger partial charge in [-0.2, -0.15) is 0 Å². The molecule has 2 bridgehead atoms. The predicted octanol–water partition coefficient (Wildman–Crippen LogP) is 3.17. The molecule has 1 nitrogen and oxygen atoms in total. The Morgan fingerprint density at radius 1 is 0.929 bits per heavy atom. The van der Waals surface area contributed by atoms with Crippen molar-refractivity contribution in [3.05, 3.63) is 12.3 Å². The van der Waals surface area contributed by atoms with E-state index in [2.05, 4.69) is 11.5 Å². The van der Waals surface area contributed by atoms with Crippen LogP contribution in [0.5, 0.6) is 0 Å². The van der Waals surface area contributed by atoms with Crippen LogP contribution < -0.4 is 0 Å². The molecule has 14 heavy (non-hydrogen) atoms. The lowest BCUT2D eigenvalue weighted by Gasteiger charge is -2.34. The SMILES string of the molecule is C=C(C1CC1)N1CCC2CCC1CC2. The van der Waals surface area contributed by atoms with Gasteiger partial charge in [0.1, 0.15) is 0 Å². The van der Waals surface area contributed by atoms with Gasteiger partial charge < -0.3 is 4.90 Å². The maximum atomic E-state index is 4.32. The van der Waals surface area contributed by atoms with Crippen molar-refractivity contribution in [2.45, 2.75) is 51.0 Å². The van der Waals surface area contributed by atoms with E-state index >= 15 is 0 Å². The summed E-state index contributed by atoms with van der Waals surface area (Å²) < 4.78 is 0. The van der Waals surface area contributed by atoms with E-state index in [1.807, 2.05) is 0 Å². The summed E-state index contributed by atoms with van der Waals surface area (Å²) in [6.07, 6.45) is 10.1. The maximum absolute atomic E-state index is 4.32. The van der Waals surface area contributed by atoms with Crippen LogP contribution in [0.1, 0.15) is 44.9 Å². The fraction of sp³-hybridized carbons (Fsp3) is 0.846. The van der Waals surface area contributed by atoms with Crippen molar-refractivity contribution in [3.8, 4) is 0 Å². The quantitative estimate of drug-likeness (QED) is 0.648. The van der Waals surface area contributed by atoms with Crippen molar-refractivity contribution in [3.63, 3.8) is 0 Å². The number of hydrogen-bond acceptors (Lipinski definition) is 1. The molecule has 0 amide bonds. The first-order valence-corrected chi connectivity index (χ1v) is 6.30.